The fourth-order valence-corrected chi connectivity index (χ4v) is 1.74. The van der Waals surface area contributed by atoms with E-state index in [1.54, 1.807) is 6.92 Å². The SMILES string of the molecule is CCOC(=O)Cn1nc(S(N)(=O)=O)cc1C(=O)OC. The van der Waals surface area contributed by atoms with Crippen LogP contribution in [0.25, 0.3) is 0 Å². The van der Waals surface area contributed by atoms with Crippen LogP contribution in [0.1, 0.15) is 17.4 Å². The van der Waals surface area contributed by atoms with Gasteiger partial charge in [0, 0.05) is 6.07 Å². The van der Waals surface area contributed by atoms with Crippen molar-refractivity contribution in [3.05, 3.63) is 11.8 Å². The van der Waals surface area contributed by atoms with Gasteiger partial charge in [-0.15, -0.1) is 0 Å². The lowest BCUT2D eigenvalue weighted by atomic mass is 10.4. The number of nitrogens with zero attached hydrogens (tertiary/aromatic N) is 2. The van der Waals surface area contributed by atoms with Crippen LogP contribution in [0.15, 0.2) is 11.1 Å². The van der Waals surface area contributed by atoms with Crippen LogP contribution in [-0.4, -0.2) is 43.9 Å². The van der Waals surface area contributed by atoms with Crippen LogP contribution < -0.4 is 5.14 Å². The number of nitrogens with two attached hydrogens (primary N) is 1. The molecule has 1 aromatic rings. The number of methoxy groups -OCH3 is 1. The van der Waals surface area contributed by atoms with E-state index < -0.39 is 33.5 Å². The standard InChI is InChI=1S/C9H13N3O6S/c1-3-18-8(13)5-12-6(9(14)17-2)4-7(11-12)19(10,15)16/h4H,3,5H2,1-2H3,(H2,10,15,16). The molecule has 1 heterocycles. The van der Waals surface area contributed by atoms with E-state index in [0.29, 0.717) is 0 Å². The third-order valence-corrected chi connectivity index (χ3v) is 2.81. The monoisotopic (exact) mass is 291 g/mol. The third kappa shape index (κ3) is 3.76. The van der Waals surface area contributed by atoms with Gasteiger partial charge < -0.3 is 9.47 Å². The smallest absolute Gasteiger partial charge is 0.356 e. The number of primary sulfonamides is 1. The van der Waals surface area contributed by atoms with E-state index >= 15 is 0 Å². The summed E-state index contributed by atoms with van der Waals surface area (Å²) in [6, 6.07) is 0.931. The molecule has 0 radical (unpaired) electrons. The van der Waals surface area contributed by atoms with E-state index in [1.807, 2.05) is 0 Å². The molecule has 0 saturated heterocycles. The van der Waals surface area contributed by atoms with Crippen molar-refractivity contribution in [1.82, 2.24) is 9.78 Å². The lowest BCUT2D eigenvalue weighted by molar-refractivity contribution is -0.144. The topological polar surface area (TPSA) is 131 Å². The molecule has 9 nitrogen and oxygen atoms in total. The van der Waals surface area contributed by atoms with Crippen molar-refractivity contribution in [2.75, 3.05) is 13.7 Å². The molecule has 0 aromatic carbocycles. The number of hydrogen-bond acceptors (Lipinski definition) is 7. The van der Waals surface area contributed by atoms with E-state index in [9.17, 15) is 18.0 Å². The summed E-state index contributed by atoms with van der Waals surface area (Å²) < 4.78 is 32.3. The van der Waals surface area contributed by atoms with Gasteiger partial charge in [-0.25, -0.2) is 23.0 Å². The van der Waals surface area contributed by atoms with Crippen LogP contribution in [0.3, 0.4) is 0 Å². The number of carbonyl (C=O) groups excluding carboxylic acids is 2. The molecule has 10 heteroatoms. The van der Waals surface area contributed by atoms with Crippen molar-refractivity contribution >= 4 is 22.0 Å². The number of hydrogen-bond donors (Lipinski definition) is 1. The van der Waals surface area contributed by atoms with Gasteiger partial charge in [0.1, 0.15) is 12.2 Å². The molecule has 0 unspecified atom stereocenters. The van der Waals surface area contributed by atoms with E-state index in [1.165, 1.54) is 0 Å². The molecule has 19 heavy (non-hydrogen) atoms. The Morgan fingerprint density at radius 2 is 2.11 bits per heavy atom. The number of ether oxygens (including phenoxy) is 2. The summed E-state index contributed by atoms with van der Waals surface area (Å²) >= 11 is 0. The Morgan fingerprint density at radius 3 is 2.58 bits per heavy atom. The number of esters is 2. The van der Waals surface area contributed by atoms with E-state index in [4.69, 9.17) is 5.14 Å². The van der Waals surface area contributed by atoms with Gasteiger partial charge in [-0.1, -0.05) is 0 Å². The molecular weight excluding hydrogens is 278 g/mol. The van der Waals surface area contributed by atoms with Crippen molar-refractivity contribution in [1.29, 1.82) is 0 Å². The van der Waals surface area contributed by atoms with E-state index in [2.05, 4.69) is 14.6 Å². The number of rotatable bonds is 5. The predicted octanol–water partition coefficient (Wildman–Crippen LogP) is -1.12. The van der Waals surface area contributed by atoms with Gasteiger partial charge in [0.25, 0.3) is 10.0 Å². The maximum absolute atomic E-state index is 11.4. The van der Waals surface area contributed by atoms with Gasteiger partial charge in [-0.3, -0.25) is 4.79 Å². The summed E-state index contributed by atoms with van der Waals surface area (Å²) in [5.74, 6) is -1.51. The second-order valence-electron chi connectivity index (χ2n) is 3.37. The molecule has 0 spiro atoms. The second-order valence-corrected chi connectivity index (χ2v) is 4.88. The highest BCUT2D eigenvalue weighted by atomic mass is 32.2. The van der Waals surface area contributed by atoms with Gasteiger partial charge in [-0.05, 0) is 6.92 Å². The molecule has 2 N–H and O–H groups in total. The van der Waals surface area contributed by atoms with Gasteiger partial charge >= 0.3 is 11.9 Å². The number of carbonyl (C=O) groups is 2. The minimum Gasteiger partial charge on any atom is -0.465 e. The molecule has 106 valence electrons. The highest BCUT2D eigenvalue weighted by Gasteiger charge is 2.22. The molecule has 0 atom stereocenters. The molecule has 0 aliphatic heterocycles. The van der Waals surface area contributed by atoms with Crippen molar-refractivity contribution in [3.63, 3.8) is 0 Å². The maximum Gasteiger partial charge on any atom is 0.356 e. The zero-order valence-corrected chi connectivity index (χ0v) is 11.1. The molecule has 0 amide bonds. The minimum atomic E-state index is -4.09. The highest BCUT2D eigenvalue weighted by molar-refractivity contribution is 7.89. The van der Waals surface area contributed by atoms with Crippen LogP contribution in [0.5, 0.6) is 0 Å². The Kier molecular flexibility index (Phi) is 4.62. The largest absolute Gasteiger partial charge is 0.465 e. The van der Waals surface area contributed by atoms with Crippen molar-refractivity contribution in [2.45, 2.75) is 18.5 Å². The zero-order valence-electron chi connectivity index (χ0n) is 10.3. The van der Waals surface area contributed by atoms with Crippen LogP contribution >= 0.6 is 0 Å². The molecule has 0 aliphatic rings. The average Bonchev–Trinajstić information content (AvgIpc) is 2.72. The molecule has 0 bridgehead atoms. The average molecular weight is 291 g/mol. The summed E-state index contributed by atoms with van der Waals surface area (Å²) in [6.07, 6.45) is 0. The normalized spacial score (nSPS) is 11.1. The van der Waals surface area contributed by atoms with Crippen LogP contribution in [0.2, 0.25) is 0 Å². The summed E-state index contributed by atoms with van der Waals surface area (Å²) in [7, 11) is -2.97. The van der Waals surface area contributed by atoms with Gasteiger partial charge in [0.05, 0.1) is 13.7 Å². The number of sulfonamides is 1. The molecular formula is C9H13N3O6S. The maximum atomic E-state index is 11.4. The van der Waals surface area contributed by atoms with Gasteiger partial charge in [-0.2, -0.15) is 5.10 Å². The Hall–Kier alpha value is -1.94. The predicted molar refractivity (Wildman–Crippen MR) is 61.6 cm³/mol. The Bertz CT molecular complexity index is 591. The lowest BCUT2D eigenvalue weighted by Gasteiger charge is -2.05. The first-order chi connectivity index (χ1) is 8.79. The van der Waals surface area contributed by atoms with Crippen molar-refractivity contribution < 1.29 is 27.5 Å². The minimum absolute atomic E-state index is 0.149. The van der Waals surface area contributed by atoms with Crippen LogP contribution in [0.4, 0.5) is 0 Å². The van der Waals surface area contributed by atoms with Crippen LogP contribution in [0, 0.1) is 0 Å². The van der Waals surface area contributed by atoms with Gasteiger partial charge in [0.15, 0.2) is 5.03 Å². The van der Waals surface area contributed by atoms with Crippen molar-refractivity contribution in [2.24, 2.45) is 5.14 Å². The fraction of sp³-hybridized carbons (Fsp3) is 0.444. The van der Waals surface area contributed by atoms with Gasteiger partial charge in [0.2, 0.25) is 0 Å². The molecule has 0 aliphatic carbocycles. The summed E-state index contributed by atoms with van der Waals surface area (Å²) in [5.41, 5.74) is -0.209. The molecule has 0 fully saturated rings. The van der Waals surface area contributed by atoms with Crippen LogP contribution in [-0.2, 0) is 30.8 Å². The first kappa shape index (κ1) is 15.1. The zero-order chi connectivity index (χ0) is 14.6. The quantitative estimate of drug-likeness (QED) is 0.680. The van der Waals surface area contributed by atoms with Crippen molar-refractivity contribution in [3.8, 4) is 0 Å². The van der Waals surface area contributed by atoms with E-state index in [0.717, 1.165) is 17.9 Å². The molecule has 0 saturated carbocycles. The third-order valence-electron chi connectivity index (χ3n) is 2.03. The first-order valence-electron chi connectivity index (χ1n) is 5.14. The second kappa shape index (κ2) is 5.80. The summed E-state index contributed by atoms with van der Waals surface area (Å²) in [5, 5.41) is 7.94. The highest BCUT2D eigenvalue weighted by Crippen LogP contribution is 2.10. The molecule has 1 aromatic heterocycles. The lowest BCUT2D eigenvalue weighted by Crippen LogP contribution is -2.19. The summed E-state index contributed by atoms with van der Waals surface area (Å²) in [4.78, 5) is 22.8. The Labute approximate surface area is 109 Å². The first-order valence-corrected chi connectivity index (χ1v) is 6.68. The van der Waals surface area contributed by atoms with E-state index in [-0.39, 0.29) is 12.3 Å². The molecule has 1 rings (SSSR count). The Morgan fingerprint density at radius 1 is 1.47 bits per heavy atom. The number of aromatic nitrogens is 2. The Balaban J connectivity index is 3.17. The fourth-order valence-electron chi connectivity index (χ4n) is 1.25. The summed E-state index contributed by atoms with van der Waals surface area (Å²) in [6.45, 7) is 1.33.